The first-order valence-electron chi connectivity index (χ1n) is 9.13. The average Bonchev–Trinajstić information content (AvgIpc) is 2.68. The van der Waals surface area contributed by atoms with E-state index in [1.54, 1.807) is 7.11 Å². The number of anilines is 2. The Labute approximate surface area is 165 Å². The molecule has 2 N–H and O–H groups in total. The van der Waals surface area contributed by atoms with E-state index in [2.05, 4.69) is 15.3 Å². The van der Waals surface area contributed by atoms with Crippen molar-refractivity contribution in [2.24, 2.45) is 0 Å². The van der Waals surface area contributed by atoms with Gasteiger partial charge in [-0.2, -0.15) is 0 Å². The molecule has 0 aliphatic carbocycles. The fourth-order valence-corrected chi connectivity index (χ4v) is 4.66. The summed E-state index contributed by atoms with van der Waals surface area (Å²) in [6.07, 6.45) is 2.70. The van der Waals surface area contributed by atoms with Crippen molar-refractivity contribution >= 4 is 18.9 Å². The van der Waals surface area contributed by atoms with Crippen LogP contribution in [0.4, 0.5) is 11.5 Å². The highest BCUT2D eigenvalue weighted by atomic mass is 31.2. The summed E-state index contributed by atoms with van der Waals surface area (Å²) in [5.74, 6) is 1.37. The molecule has 0 saturated carbocycles. The van der Waals surface area contributed by atoms with Gasteiger partial charge >= 0.3 is 0 Å². The van der Waals surface area contributed by atoms with Gasteiger partial charge in [0.05, 0.1) is 12.8 Å². The third-order valence-corrected chi connectivity index (χ3v) is 6.26. The zero-order valence-corrected chi connectivity index (χ0v) is 16.9. The number of rotatable bonds is 8. The summed E-state index contributed by atoms with van der Waals surface area (Å²) in [7, 11) is -1.51. The standard InChI is InChI=1S/C21H24N3O3P/c1-3-11-28(25,26)14-16-7-6-8-17(12-16)24-21-13-19(22-15-23-21)18-9-4-5-10-20(18)27-2/h4-10,12-13,15H,3,11,14H2,1-2H3,(H,25,26)(H,22,23,24). The predicted octanol–water partition coefficient (Wildman–Crippen LogP) is 5.08. The molecule has 0 bridgehead atoms. The molecule has 28 heavy (non-hydrogen) atoms. The van der Waals surface area contributed by atoms with E-state index in [0.29, 0.717) is 18.4 Å². The van der Waals surface area contributed by atoms with Crippen molar-refractivity contribution in [2.75, 3.05) is 18.6 Å². The molecular weight excluding hydrogens is 373 g/mol. The molecule has 0 saturated heterocycles. The highest BCUT2D eigenvalue weighted by molar-refractivity contribution is 7.57. The lowest BCUT2D eigenvalue weighted by atomic mass is 10.1. The molecule has 1 aromatic heterocycles. The van der Waals surface area contributed by atoms with Crippen molar-refractivity contribution in [3.63, 3.8) is 0 Å². The van der Waals surface area contributed by atoms with Crippen molar-refractivity contribution in [1.82, 2.24) is 9.97 Å². The van der Waals surface area contributed by atoms with Crippen LogP contribution in [0.1, 0.15) is 18.9 Å². The summed E-state index contributed by atoms with van der Waals surface area (Å²) in [5, 5.41) is 3.25. The largest absolute Gasteiger partial charge is 0.496 e. The molecule has 2 aromatic carbocycles. The predicted molar refractivity (Wildman–Crippen MR) is 112 cm³/mol. The van der Waals surface area contributed by atoms with Crippen molar-refractivity contribution in [1.29, 1.82) is 0 Å². The smallest absolute Gasteiger partial charge is 0.204 e. The van der Waals surface area contributed by atoms with Gasteiger partial charge in [0.2, 0.25) is 7.37 Å². The maximum atomic E-state index is 12.2. The first-order chi connectivity index (χ1) is 13.5. The van der Waals surface area contributed by atoms with Gasteiger partial charge in [-0.3, -0.25) is 4.57 Å². The van der Waals surface area contributed by atoms with Crippen LogP contribution in [0.2, 0.25) is 0 Å². The topological polar surface area (TPSA) is 84.3 Å². The Morgan fingerprint density at radius 2 is 1.93 bits per heavy atom. The van der Waals surface area contributed by atoms with Crippen molar-refractivity contribution in [3.8, 4) is 17.0 Å². The lowest BCUT2D eigenvalue weighted by Gasteiger charge is -2.12. The number of nitrogens with zero attached hydrogens (tertiary/aromatic N) is 2. The highest BCUT2D eigenvalue weighted by Crippen LogP contribution is 2.45. The van der Waals surface area contributed by atoms with E-state index in [1.807, 2.05) is 61.5 Å². The van der Waals surface area contributed by atoms with Crippen LogP contribution < -0.4 is 10.1 Å². The Morgan fingerprint density at radius 3 is 2.71 bits per heavy atom. The minimum Gasteiger partial charge on any atom is -0.496 e. The number of benzene rings is 2. The van der Waals surface area contributed by atoms with Gasteiger partial charge in [-0.05, 0) is 36.2 Å². The molecule has 3 rings (SSSR count). The molecule has 0 aliphatic heterocycles. The second-order valence-electron chi connectivity index (χ2n) is 6.54. The van der Waals surface area contributed by atoms with E-state index in [-0.39, 0.29) is 6.16 Å². The van der Waals surface area contributed by atoms with E-state index in [1.165, 1.54) is 6.33 Å². The number of ether oxygens (including phenoxy) is 1. The number of para-hydroxylation sites is 1. The third kappa shape index (κ3) is 5.18. The first-order valence-corrected chi connectivity index (χ1v) is 11.2. The molecule has 0 amide bonds. The number of nitrogens with one attached hydrogen (secondary N) is 1. The van der Waals surface area contributed by atoms with E-state index >= 15 is 0 Å². The molecule has 0 fully saturated rings. The summed E-state index contributed by atoms with van der Waals surface area (Å²) in [6.45, 7) is 1.91. The molecule has 3 aromatic rings. The Balaban J connectivity index is 1.81. The zero-order valence-electron chi connectivity index (χ0n) is 16.0. The van der Waals surface area contributed by atoms with Crippen LogP contribution in [-0.2, 0) is 10.7 Å². The van der Waals surface area contributed by atoms with Crippen LogP contribution in [0.25, 0.3) is 11.3 Å². The van der Waals surface area contributed by atoms with Gasteiger partial charge in [-0.1, -0.05) is 31.2 Å². The van der Waals surface area contributed by atoms with Crippen LogP contribution in [0, 0.1) is 0 Å². The van der Waals surface area contributed by atoms with Crippen LogP contribution >= 0.6 is 7.37 Å². The average molecular weight is 397 g/mol. The van der Waals surface area contributed by atoms with Crippen molar-refractivity contribution in [3.05, 3.63) is 66.5 Å². The maximum Gasteiger partial charge on any atom is 0.204 e. The van der Waals surface area contributed by atoms with Gasteiger partial charge < -0.3 is 14.9 Å². The summed E-state index contributed by atoms with van der Waals surface area (Å²) in [6, 6.07) is 17.0. The molecule has 1 heterocycles. The summed E-state index contributed by atoms with van der Waals surface area (Å²) in [5.41, 5.74) is 3.25. The number of methoxy groups -OCH3 is 1. The first kappa shape index (κ1) is 20.1. The Bertz CT molecular complexity index is 994. The van der Waals surface area contributed by atoms with Gasteiger partial charge in [0.25, 0.3) is 0 Å². The Kier molecular flexibility index (Phi) is 6.45. The van der Waals surface area contributed by atoms with Crippen molar-refractivity contribution < 1.29 is 14.2 Å². The fraction of sp³-hybridized carbons (Fsp3) is 0.238. The third-order valence-electron chi connectivity index (χ3n) is 4.25. The van der Waals surface area contributed by atoms with Crippen molar-refractivity contribution in [2.45, 2.75) is 19.5 Å². The molecule has 146 valence electrons. The van der Waals surface area contributed by atoms with Gasteiger partial charge in [-0.15, -0.1) is 0 Å². The SMILES string of the molecule is CCCP(=O)(O)Cc1cccc(Nc2cc(-c3ccccc3OC)ncn2)c1. The molecule has 6 nitrogen and oxygen atoms in total. The molecule has 0 radical (unpaired) electrons. The molecule has 1 atom stereocenters. The fourth-order valence-electron chi connectivity index (χ4n) is 3.04. The van der Waals surface area contributed by atoms with Crippen LogP contribution in [-0.4, -0.2) is 28.1 Å². The van der Waals surface area contributed by atoms with Gasteiger partial charge in [0, 0.05) is 29.6 Å². The normalized spacial score (nSPS) is 13.0. The van der Waals surface area contributed by atoms with E-state index in [4.69, 9.17) is 4.74 Å². The quantitative estimate of drug-likeness (QED) is 0.516. The molecule has 7 heteroatoms. The van der Waals surface area contributed by atoms with Crippen LogP contribution in [0.15, 0.2) is 60.9 Å². The van der Waals surface area contributed by atoms with Gasteiger partial charge in [-0.25, -0.2) is 9.97 Å². The summed E-state index contributed by atoms with van der Waals surface area (Å²) < 4.78 is 17.6. The molecular formula is C21H24N3O3P. The number of aromatic nitrogens is 2. The number of hydrogen-bond acceptors (Lipinski definition) is 5. The molecule has 1 unspecified atom stereocenters. The van der Waals surface area contributed by atoms with E-state index in [9.17, 15) is 9.46 Å². The Hall–Kier alpha value is -2.69. The van der Waals surface area contributed by atoms with E-state index in [0.717, 1.165) is 28.3 Å². The number of hydrogen-bond donors (Lipinski definition) is 2. The lowest BCUT2D eigenvalue weighted by Crippen LogP contribution is -1.98. The zero-order chi connectivity index (χ0) is 20.0. The maximum absolute atomic E-state index is 12.2. The van der Waals surface area contributed by atoms with Crippen LogP contribution in [0.5, 0.6) is 5.75 Å². The minimum atomic E-state index is -3.14. The summed E-state index contributed by atoms with van der Waals surface area (Å²) >= 11 is 0. The second-order valence-corrected chi connectivity index (χ2v) is 9.00. The molecule has 0 spiro atoms. The Morgan fingerprint density at radius 1 is 1.11 bits per heavy atom. The summed E-state index contributed by atoms with van der Waals surface area (Å²) in [4.78, 5) is 18.7. The van der Waals surface area contributed by atoms with Crippen LogP contribution in [0.3, 0.4) is 0 Å². The van der Waals surface area contributed by atoms with E-state index < -0.39 is 7.37 Å². The minimum absolute atomic E-state index is 0.173. The highest BCUT2D eigenvalue weighted by Gasteiger charge is 2.17. The van der Waals surface area contributed by atoms with Gasteiger partial charge in [0.15, 0.2) is 0 Å². The lowest BCUT2D eigenvalue weighted by molar-refractivity contribution is 0.416. The monoisotopic (exact) mass is 397 g/mol. The van der Waals surface area contributed by atoms with Gasteiger partial charge in [0.1, 0.15) is 17.9 Å². The second kappa shape index (κ2) is 9.00. The molecule has 0 aliphatic rings.